The van der Waals surface area contributed by atoms with Gasteiger partial charge in [0.05, 0.1) is 10.5 Å². The lowest BCUT2D eigenvalue weighted by molar-refractivity contribution is 0.0473. The number of aryl methyl sites for hydroxylation is 1. The van der Waals surface area contributed by atoms with Crippen molar-refractivity contribution >= 4 is 27.0 Å². The van der Waals surface area contributed by atoms with Crippen molar-refractivity contribution < 1.29 is 22.4 Å². The Morgan fingerprint density at radius 3 is 2.42 bits per heavy atom. The molecule has 3 rings (SSSR count). The topological polar surface area (TPSA) is 103 Å². The summed E-state index contributed by atoms with van der Waals surface area (Å²) in [6, 6.07) is 10.6. The van der Waals surface area contributed by atoms with Crippen LogP contribution in [0.5, 0.6) is 0 Å². The normalized spacial score (nSPS) is 11.8. The summed E-state index contributed by atoms with van der Waals surface area (Å²) < 4.78 is 37.1. The summed E-state index contributed by atoms with van der Waals surface area (Å²) in [4.78, 5) is 24.5. The molecule has 0 spiro atoms. The molecule has 0 aliphatic carbocycles. The minimum Gasteiger partial charge on any atom is -0.457 e. The molecule has 0 saturated carbocycles. The quantitative estimate of drug-likeness (QED) is 0.439. The van der Waals surface area contributed by atoms with E-state index < -0.39 is 21.6 Å². The molecule has 7 nitrogen and oxygen atoms in total. The van der Waals surface area contributed by atoms with Gasteiger partial charge < -0.3 is 9.15 Å². The van der Waals surface area contributed by atoms with Crippen molar-refractivity contribution in [2.75, 3.05) is 6.54 Å². The number of rotatable bonds is 7. The highest BCUT2D eigenvalue weighted by Crippen LogP contribution is 2.27. The lowest BCUT2D eigenvalue weighted by Gasteiger charge is -2.13. The maximum atomic E-state index is 12.5. The zero-order chi connectivity index (χ0) is 22.8. The van der Waals surface area contributed by atoms with Gasteiger partial charge in [-0.15, -0.1) is 0 Å². The summed E-state index contributed by atoms with van der Waals surface area (Å²) in [5.41, 5.74) is 2.82. The number of nitrogens with one attached hydrogen (secondary N) is 1. The molecule has 8 heteroatoms. The molecule has 0 aliphatic heterocycles. The Kier molecular flexibility index (Phi) is 6.62. The van der Waals surface area contributed by atoms with Crippen molar-refractivity contribution in [1.29, 1.82) is 0 Å². The molecule has 0 aliphatic rings. The van der Waals surface area contributed by atoms with Gasteiger partial charge >= 0.3 is 11.6 Å². The van der Waals surface area contributed by atoms with Crippen LogP contribution in [0.4, 0.5) is 0 Å². The molecule has 31 heavy (non-hydrogen) atoms. The summed E-state index contributed by atoms with van der Waals surface area (Å²) in [5.74, 6) is -0.339. The van der Waals surface area contributed by atoms with Crippen LogP contribution < -0.4 is 10.3 Å². The van der Waals surface area contributed by atoms with Gasteiger partial charge in [-0.1, -0.05) is 20.8 Å². The van der Waals surface area contributed by atoms with Crippen molar-refractivity contribution in [3.05, 3.63) is 75.1 Å². The molecule has 0 fully saturated rings. The summed E-state index contributed by atoms with van der Waals surface area (Å²) >= 11 is 0. The molecule has 3 aromatic rings. The standard InChI is InChI=1S/C23H25NO6S/c1-5-24-31(27,28)18-8-6-16(7-9-18)23(26)29-13-17-11-22(25)30-21-10-15(4)19(14(2)3)12-20(17)21/h6-12,14,24H,5,13H2,1-4H3. The highest BCUT2D eigenvalue weighted by atomic mass is 32.2. The zero-order valence-corrected chi connectivity index (χ0v) is 18.7. The highest BCUT2D eigenvalue weighted by molar-refractivity contribution is 7.89. The van der Waals surface area contributed by atoms with Gasteiger partial charge in [0.2, 0.25) is 10.0 Å². The Morgan fingerprint density at radius 1 is 1.13 bits per heavy atom. The number of fused-ring (bicyclic) bond motifs is 1. The van der Waals surface area contributed by atoms with Gasteiger partial charge in [-0.25, -0.2) is 22.7 Å². The second-order valence-electron chi connectivity index (χ2n) is 7.55. The van der Waals surface area contributed by atoms with Gasteiger partial charge in [-0.3, -0.25) is 0 Å². The SMILES string of the molecule is CCNS(=O)(=O)c1ccc(C(=O)OCc2cc(=O)oc3cc(C)c(C(C)C)cc23)cc1. The first-order valence-corrected chi connectivity index (χ1v) is 11.4. The van der Waals surface area contributed by atoms with E-state index in [-0.39, 0.29) is 29.5 Å². The number of sulfonamides is 1. The minimum absolute atomic E-state index is 0.0640. The molecule has 0 saturated heterocycles. The first kappa shape index (κ1) is 22.7. The van der Waals surface area contributed by atoms with Crippen molar-refractivity contribution in [2.45, 2.75) is 45.1 Å². The average molecular weight is 444 g/mol. The molecular formula is C23H25NO6S. The van der Waals surface area contributed by atoms with Crippen LogP contribution in [0, 0.1) is 6.92 Å². The predicted molar refractivity (Wildman–Crippen MR) is 118 cm³/mol. The Bertz CT molecular complexity index is 1270. The van der Waals surface area contributed by atoms with Gasteiger partial charge in [0.25, 0.3) is 0 Å². The molecule has 1 heterocycles. The van der Waals surface area contributed by atoms with E-state index in [4.69, 9.17) is 9.15 Å². The number of ether oxygens (including phenoxy) is 1. The third-order valence-corrected chi connectivity index (χ3v) is 6.49. The van der Waals surface area contributed by atoms with E-state index >= 15 is 0 Å². The van der Waals surface area contributed by atoms with Gasteiger partial charge in [0.15, 0.2) is 0 Å². The van der Waals surface area contributed by atoms with E-state index in [1.165, 1.54) is 30.3 Å². The second kappa shape index (κ2) is 9.03. The molecule has 0 amide bonds. The number of benzene rings is 2. The van der Waals surface area contributed by atoms with Crippen molar-refractivity contribution in [2.24, 2.45) is 0 Å². The van der Waals surface area contributed by atoms with E-state index in [2.05, 4.69) is 18.6 Å². The lowest BCUT2D eigenvalue weighted by atomic mass is 9.95. The van der Waals surface area contributed by atoms with Crippen molar-refractivity contribution in [3.63, 3.8) is 0 Å². The summed E-state index contributed by atoms with van der Waals surface area (Å²) in [5, 5.41) is 0.716. The molecule has 1 N–H and O–H groups in total. The summed E-state index contributed by atoms with van der Waals surface area (Å²) in [6.07, 6.45) is 0. The fourth-order valence-electron chi connectivity index (χ4n) is 3.40. The maximum absolute atomic E-state index is 12.5. The van der Waals surface area contributed by atoms with Crippen LogP contribution in [-0.2, 0) is 21.4 Å². The number of hydrogen-bond acceptors (Lipinski definition) is 6. The van der Waals surface area contributed by atoms with Crippen LogP contribution in [-0.4, -0.2) is 20.9 Å². The van der Waals surface area contributed by atoms with E-state index in [1.54, 1.807) is 6.92 Å². The summed E-state index contributed by atoms with van der Waals surface area (Å²) in [7, 11) is -3.60. The van der Waals surface area contributed by atoms with Crippen molar-refractivity contribution in [1.82, 2.24) is 4.72 Å². The van der Waals surface area contributed by atoms with Crippen LogP contribution in [0.15, 0.2) is 56.6 Å². The van der Waals surface area contributed by atoms with Gasteiger partial charge in [0, 0.05) is 23.6 Å². The first-order chi connectivity index (χ1) is 14.6. The monoisotopic (exact) mass is 443 g/mol. The predicted octanol–water partition coefficient (Wildman–Crippen LogP) is 3.88. The highest BCUT2D eigenvalue weighted by Gasteiger charge is 2.16. The van der Waals surface area contributed by atoms with E-state index in [0.717, 1.165) is 11.1 Å². The minimum atomic E-state index is -3.60. The Morgan fingerprint density at radius 2 is 1.81 bits per heavy atom. The number of carbonyl (C=O) groups is 1. The average Bonchev–Trinajstić information content (AvgIpc) is 2.71. The Labute approximate surface area is 181 Å². The van der Waals surface area contributed by atoms with Crippen LogP contribution in [0.2, 0.25) is 0 Å². The molecule has 0 atom stereocenters. The molecule has 1 aromatic heterocycles. The number of esters is 1. The van der Waals surface area contributed by atoms with Crippen molar-refractivity contribution in [3.8, 4) is 0 Å². The lowest BCUT2D eigenvalue weighted by Crippen LogP contribution is -2.23. The van der Waals surface area contributed by atoms with E-state index in [9.17, 15) is 18.0 Å². The molecule has 0 bridgehead atoms. The van der Waals surface area contributed by atoms with Crippen LogP contribution in [0.1, 0.15) is 53.7 Å². The van der Waals surface area contributed by atoms with E-state index in [1.807, 2.05) is 19.1 Å². The summed E-state index contributed by atoms with van der Waals surface area (Å²) in [6.45, 7) is 7.95. The zero-order valence-electron chi connectivity index (χ0n) is 17.9. The smallest absolute Gasteiger partial charge is 0.338 e. The molecule has 0 unspecified atom stereocenters. The second-order valence-corrected chi connectivity index (χ2v) is 9.32. The van der Waals surface area contributed by atoms with Crippen LogP contribution >= 0.6 is 0 Å². The van der Waals surface area contributed by atoms with Crippen LogP contribution in [0.25, 0.3) is 11.0 Å². The fraction of sp³-hybridized carbons (Fsp3) is 0.304. The molecule has 0 radical (unpaired) electrons. The molecule has 164 valence electrons. The number of hydrogen-bond donors (Lipinski definition) is 1. The third-order valence-electron chi connectivity index (χ3n) is 4.93. The Hall–Kier alpha value is -2.97. The molecule has 2 aromatic carbocycles. The van der Waals surface area contributed by atoms with Crippen LogP contribution in [0.3, 0.4) is 0 Å². The fourth-order valence-corrected chi connectivity index (χ4v) is 4.44. The number of carbonyl (C=O) groups excluding carboxylic acids is 1. The largest absolute Gasteiger partial charge is 0.457 e. The molecular weight excluding hydrogens is 418 g/mol. The van der Waals surface area contributed by atoms with E-state index in [0.29, 0.717) is 16.5 Å². The van der Waals surface area contributed by atoms with Gasteiger partial charge in [-0.2, -0.15) is 0 Å². The third kappa shape index (κ3) is 5.03. The van der Waals surface area contributed by atoms with Gasteiger partial charge in [0.1, 0.15) is 12.2 Å². The van der Waals surface area contributed by atoms with Gasteiger partial charge in [-0.05, 0) is 60.4 Å². The maximum Gasteiger partial charge on any atom is 0.338 e. The Balaban J connectivity index is 1.84. The first-order valence-electron chi connectivity index (χ1n) is 9.96.